The van der Waals surface area contributed by atoms with Gasteiger partial charge in [0.25, 0.3) is 5.91 Å². The van der Waals surface area contributed by atoms with Crippen molar-refractivity contribution >= 4 is 23.2 Å². The van der Waals surface area contributed by atoms with Crippen molar-refractivity contribution in [1.82, 2.24) is 16.0 Å². The largest absolute Gasteiger partial charge is 0.384 e. The monoisotopic (exact) mass is 402 g/mol. The maximum Gasteiger partial charge on any atom is 0.251 e. The maximum absolute atomic E-state index is 12.1. The molecule has 4 N–H and O–H groups in total. The molecule has 7 heteroatoms. The van der Waals surface area contributed by atoms with Crippen LogP contribution in [0, 0.1) is 0 Å². The third-order valence-electron chi connectivity index (χ3n) is 4.23. The highest BCUT2D eigenvalue weighted by molar-refractivity contribution is 7.08. The van der Waals surface area contributed by atoms with Crippen LogP contribution in [0.3, 0.4) is 0 Å². The first-order valence-corrected chi connectivity index (χ1v) is 10.5. The van der Waals surface area contributed by atoms with Gasteiger partial charge in [0.05, 0.1) is 13.1 Å². The number of nitrogens with one attached hydrogen (secondary N) is 3. The Labute approximate surface area is 171 Å². The highest BCUT2D eigenvalue weighted by Crippen LogP contribution is 2.21. The molecule has 6 nitrogen and oxygen atoms in total. The number of benzene rings is 1. The summed E-state index contributed by atoms with van der Waals surface area (Å²) >= 11 is 1.56. The second-order valence-electron chi connectivity index (χ2n) is 6.79. The molecule has 1 amide bonds. The first-order valence-electron chi connectivity index (χ1n) is 9.60. The zero-order valence-electron chi connectivity index (χ0n) is 16.8. The predicted molar refractivity (Wildman–Crippen MR) is 116 cm³/mol. The smallest absolute Gasteiger partial charge is 0.251 e. The molecule has 28 heavy (non-hydrogen) atoms. The Morgan fingerprint density at radius 2 is 2.04 bits per heavy atom. The van der Waals surface area contributed by atoms with E-state index in [1.165, 1.54) is 0 Å². The minimum atomic E-state index is -0.979. The van der Waals surface area contributed by atoms with Gasteiger partial charge in [-0.1, -0.05) is 19.1 Å². The lowest BCUT2D eigenvalue weighted by Crippen LogP contribution is -2.44. The van der Waals surface area contributed by atoms with Crippen LogP contribution in [0.1, 0.15) is 48.7 Å². The third kappa shape index (κ3) is 6.65. The van der Waals surface area contributed by atoms with E-state index in [1.807, 2.05) is 48.9 Å². The standard InChI is InChI=1S/C21H30N4O2S/c1-4-10-23-19(26)17-8-6-7-16(12-17)13-24-20(22-5-2)25-15-21(3,27)18-9-11-28-14-18/h6-9,11-12,14,27H,4-5,10,13,15H2,1-3H3,(H,23,26)(H2,22,24,25). The van der Waals surface area contributed by atoms with Gasteiger partial charge in [-0.05, 0) is 60.4 Å². The molecule has 0 radical (unpaired) electrons. The summed E-state index contributed by atoms with van der Waals surface area (Å²) < 4.78 is 0. The first kappa shape index (κ1) is 21.9. The summed E-state index contributed by atoms with van der Waals surface area (Å²) in [5, 5.41) is 23.8. The normalized spacial score (nSPS) is 13.6. The van der Waals surface area contributed by atoms with Crippen molar-refractivity contribution in [3.63, 3.8) is 0 Å². The number of hydrogen-bond acceptors (Lipinski definition) is 4. The Kier molecular flexibility index (Phi) is 8.47. The van der Waals surface area contributed by atoms with Gasteiger partial charge in [-0.3, -0.25) is 4.79 Å². The van der Waals surface area contributed by atoms with E-state index in [4.69, 9.17) is 0 Å². The number of carbonyl (C=O) groups is 1. The van der Waals surface area contributed by atoms with Crippen LogP contribution in [-0.4, -0.2) is 36.6 Å². The quantitative estimate of drug-likeness (QED) is 0.384. The molecule has 0 aliphatic heterocycles. The van der Waals surface area contributed by atoms with Crippen LogP contribution in [0.4, 0.5) is 0 Å². The van der Waals surface area contributed by atoms with E-state index in [1.54, 1.807) is 24.3 Å². The van der Waals surface area contributed by atoms with Gasteiger partial charge in [-0.15, -0.1) is 0 Å². The van der Waals surface area contributed by atoms with Gasteiger partial charge in [-0.2, -0.15) is 11.3 Å². The number of guanidine groups is 1. The van der Waals surface area contributed by atoms with E-state index in [9.17, 15) is 9.90 Å². The molecular weight excluding hydrogens is 372 g/mol. The molecule has 0 spiro atoms. The molecule has 0 aliphatic rings. The predicted octanol–water partition coefficient (Wildman–Crippen LogP) is 2.85. The second-order valence-corrected chi connectivity index (χ2v) is 7.57. The average molecular weight is 403 g/mol. The SMILES string of the molecule is CCCNC(=O)c1cccc(CN=C(NCC)NCC(C)(O)c2ccsc2)c1. The third-order valence-corrected chi connectivity index (χ3v) is 4.92. The molecule has 0 saturated carbocycles. The minimum absolute atomic E-state index is 0.0653. The fraction of sp³-hybridized carbons (Fsp3) is 0.429. The summed E-state index contributed by atoms with van der Waals surface area (Å²) in [6.45, 7) is 7.96. The molecular formula is C21H30N4O2S. The molecule has 1 unspecified atom stereocenters. The number of amides is 1. The van der Waals surface area contributed by atoms with Gasteiger partial charge >= 0.3 is 0 Å². The number of thiophene rings is 1. The zero-order valence-corrected chi connectivity index (χ0v) is 17.6. The fourth-order valence-electron chi connectivity index (χ4n) is 2.59. The van der Waals surface area contributed by atoms with Crippen LogP contribution in [0.5, 0.6) is 0 Å². The lowest BCUT2D eigenvalue weighted by molar-refractivity contribution is 0.0621. The number of carbonyl (C=O) groups excluding carboxylic acids is 1. The molecule has 1 aromatic carbocycles. The van der Waals surface area contributed by atoms with Gasteiger partial charge in [0.1, 0.15) is 5.60 Å². The molecule has 0 bridgehead atoms. The van der Waals surface area contributed by atoms with Gasteiger partial charge < -0.3 is 21.1 Å². The van der Waals surface area contributed by atoms with Gasteiger partial charge in [0.15, 0.2) is 5.96 Å². The Balaban J connectivity index is 2.01. The molecule has 1 heterocycles. The van der Waals surface area contributed by atoms with Crippen LogP contribution in [0.2, 0.25) is 0 Å². The first-order chi connectivity index (χ1) is 13.5. The molecule has 0 aliphatic carbocycles. The highest BCUT2D eigenvalue weighted by atomic mass is 32.1. The van der Waals surface area contributed by atoms with Crippen molar-refractivity contribution < 1.29 is 9.90 Å². The molecule has 2 rings (SSSR count). The Morgan fingerprint density at radius 1 is 1.21 bits per heavy atom. The van der Waals surface area contributed by atoms with E-state index >= 15 is 0 Å². The Hall–Kier alpha value is -2.38. The molecule has 1 atom stereocenters. The lowest BCUT2D eigenvalue weighted by Gasteiger charge is -2.24. The van der Waals surface area contributed by atoms with Gasteiger partial charge in [-0.25, -0.2) is 4.99 Å². The molecule has 0 saturated heterocycles. The number of rotatable bonds is 9. The number of aliphatic imine (C=N–C) groups is 1. The number of aliphatic hydroxyl groups is 1. The van der Waals surface area contributed by atoms with Crippen molar-refractivity contribution in [2.45, 2.75) is 39.3 Å². The van der Waals surface area contributed by atoms with Crippen molar-refractivity contribution in [2.75, 3.05) is 19.6 Å². The van der Waals surface area contributed by atoms with Crippen LogP contribution in [0.25, 0.3) is 0 Å². The summed E-state index contributed by atoms with van der Waals surface area (Å²) in [5.74, 6) is 0.559. The van der Waals surface area contributed by atoms with Crippen LogP contribution >= 0.6 is 11.3 Å². The van der Waals surface area contributed by atoms with E-state index < -0.39 is 5.60 Å². The number of nitrogens with zero attached hydrogens (tertiary/aromatic N) is 1. The van der Waals surface area contributed by atoms with E-state index in [0.717, 1.165) is 17.5 Å². The maximum atomic E-state index is 12.1. The molecule has 2 aromatic rings. The fourth-order valence-corrected chi connectivity index (χ4v) is 3.38. The minimum Gasteiger partial charge on any atom is -0.384 e. The van der Waals surface area contributed by atoms with Crippen LogP contribution < -0.4 is 16.0 Å². The second kappa shape index (κ2) is 10.8. The van der Waals surface area contributed by atoms with E-state index in [0.29, 0.717) is 37.7 Å². The Morgan fingerprint density at radius 3 is 2.71 bits per heavy atom. The molecule has 152 valence electrons. The number of hydrogen-bond donors (Lipinski definition) is 4. The Bertz CT molecular complexity index is 772. The molecule has 1 aromatic heterocycles. The topological polar surface area (TPSA) is 85.8 Å². The van der Waals surface area contributed by atoms with Crippen molar-refractivity contribution in [2.24, 2.45) is 4.99 Å². The summed E-state index contributed by atoms with van der Waals surface area (Å²) in [7, 11) is 0. The van der Waals surface area contributed by atoms with Crippen molar-refractivity contribution in [3.05, 3.63) is 57.8 Å². The average Bonchev–Trinajstić information content (AvgIpc) is 3.24. The highest BCUT2D eigenvalue weighted by Gasteiger charge is 2.23. The summed E-state index contributed by atoms with van der Waals surface area (Å²) in [5.41, 5.74) is 1.49. The van der Waals surface area contributed by atoms with E-state index in [2.05, 4.69) is 20.9 Å². The van der Waals surface area contributed by atoms with Gasteiger partial charge in [0.2, 0.25) is 0 Å². The summed E-state index contributed by atoms with van der Waals surface area (Å²) in [6.07, 6.45) is 0.905. The molecule has 0 fully saturated rings. The lowest BCUT2D eigenvalue weighted by atomic mass is 9.99. The van der Waals surface area contributed by atoms with Crippen molar-refractivity contribution in [1.29, 1.82) is 0 Å². The summed E-state index contributed by atoms with van der Waals surface area (Å²) in [4.78, 5) is 16.7. The van der Waals surface area contributed by atoms with Gasteiger partial charge in [0, 0.05) is 18.7 Å². The summed E-state index contributed by atoms with van der Waals surface area (Å²) in [6, 6.07) is 9.41. The van der Waals surface area contributed by atoms with Crippen LogP contribution in [0.15, 0.2) is 46.1 Å². The zero-order chi connectivity index (χ0) is 20.4. The van der Waals surface area contributed by atoms with Crippen molar-refractivity contribution in [3.8, 4) is 0 Å². The van der Waals surface area contributed by atoms with Crippen LogP contribution in [-0.2, 0) is 12.1 Å². The van der Waals surface area contributed by atoms with E-state index in [-0.39, 0.29) is 5.91 Å².